The molecule has 1 amide bonds. The SMILES string of the molecule is Cc1ccc(OCCn2cc(/C=N\NC(=O)CSc3nnc(C)s3)c3ccccc32)cc1. The lowest BCUT2D eigenvalue weighted by Crippen LogP contribution is -2.19. The maximum Gasteiger partial charge on any atom is 0.250 e. The summed E-state index contributed by atoms with van der Waals surface area (Å²) >= 11 is 2.82. The lowest BCUT2D eigenvalue weighted by atomic mass is 10.2. The van der Waals surface area contributed by atoms with Gasteiger partial charge in [-0.15, -0.1) is 10.2 Å². The Hall–Kier alpha value is -3.17. The van der Waals surface area contributed by atoms with E-state index < -0.39 is 0 Å². The molecule has 2 aromatic carbocycles. The van der Waals surface area contributed by atoms with Crippen LogP contribution in [0, 0.1) is 13.8 Å². The number of carbonyl (C=O) groups excluding carboxylic acids is 1. The molecule has 0 aliphatic rings. The maximum atomic E-state index is 12.1. The van der Waals surface area contributed by atoms with Crippen LogP contribution in [-0.4, -0.2) is 39.2 Å². The van der Waals surface area contributed by atoms with Gasteiger partial charge in [0.25, 0.3) is 5.91 Å². The predicted molar refractivity (Wildman–Crippen MR) is 130 cm³/mol. The summed E-state index contributed by atoms with van der Waals surface area (Å²) in [5.74, 6) is 0.914. The Morgan fingerprint density at radius 2 is 2.00 bits per heavy atom. The number of fused-ring (bicyclic) bond motifs is 1. The van der Waals surface area contributed by atoms with Crippen molar-refractivity contribution in [3.8, 4) is 5.75 Å². The number of benzene rings is 2. The molecule has 0 aliphatic carbocycles. The number of para-hydroxylation sites is 1. The predicted octanol–water partition coefficient (Wildman–Crippen LogP) is 4.43. The van der Waals surface area contributed by atoms with E-state index in [0.29, 0.717) is 13.2 Å². The van der Waals surface area contributed by atoms with Crippen LogP contribution in [-0.2, 0) is 11.3 Å². The van der Waals surface area contributed by atoms with Gasteiger partial charge in [-0.2, -0.15) is 5.10 Å². The van der Waals surface area contributed by atoms with E-state index in [0.717, 1.165) is 31.6 Å². The van der Waals surface area contributed by atoms with Gasteiger partial charge in [-0.25, -0.2) is 5.43 Å². The highest BCUT2D eigenvalue weighted by atomic mass is 32.2. The normalized spacial score (nSPS) is 11.3. The summed E-state index contributed by atoms with van der Waals surface area (Å²) < 4.78 is 8.79. The number of nitrogens with zero attached hydrogens (tertiary/aromatic N) is 4. The van der Waals surface area contributed by atoms with Gasteiger partial charge in [0.1, 0.15) is 17.4 Å². The van der Waals surface area contributed by atoms with Gasteiger partial charge in [-0.3, -0.25) is 4.79 Å². The molecule has 1 N–H and O–H groups in total. The van der Waals surface area contributed by atoms with Gasteiger partial charge in [0.05, 0.1) is 18.5 Å². The highest BCUT2D eigenvalue weighted by molar-refractivity contribution is 8.01. The van der Waals surface area contributed by atoms with Crippen LogP contribution in [0.2, 0.25) is 0 Å². The number of rotatable bonds is 9. The van der Waals surface area contributed by atoms with Crippen molar-refractivity contribution in [3.63, 3.8) is 0 Å². The van der Waals surface area contributed by atoms with Crippen LogP contribution < -0.4 is 10.2 Å². The molecule has 9 heteroatoms. The van der Waals surface area contributed by atoms with Crippen molar-refractivity contribution in [1.29, 1.82) is 0 Å². The summed E-state index contributed by atoms with van der Waals surface area (Å²) in [6.45, 7) is 5.19. The van der Waals surface area contributed by atoms with E-state index in [4.69, 9.17) is 4.74 Å². The number of thioether (sulfide) groups is 1. The van der Waals surface area contributed by atoms with Gasteiger partial charge in [0, 0.05) is 22.7 Å². The molecule has 0 saturated heterocycles. The van der Waals surface area contributed by atoms with E-state index in [2.05, 4.69) is 38.3 Å². The second-order valence-corrected chi connectivity index (χ2v) is 9.53. The van der Waals surface area contributed by atoms with Crippen molar-refractivity contribution in [1.82, 2.24) is 20.2 Å². The first kappa shape index (κ1) is 22.0. The zero-order chi connectivity index (χ0) is 22.3. The topological polar surface area (TPSA) is 81.4 Å². The van der Waals surface area contributed by atoms with E-state index in [9.17, 15) is 4.79 Å². The number of hydrazone groups is 1. The Morgan fingerprint density at radius 1 is 1.19 bits per heavy atom. The number of nitrogens with one attached hydrogen (secondary N) is 1. The molecule has 0 spiro atoms. The Balaban J connectivity index is 1.36. The second-order valence-electron chi connectivity index (χ2n) is 7.13. The van der Waals surface area contributed by atoms with E-state index in [-0.39, 0.29) is 11.7 Å². The smallest absolute Gasteiger partial charge is 0.250 e. The molecule has 7 nitrogen and oxygen atoms in total. The molecule has 164 valence electrons. The van der Waals surface area contributed by atoms with Crippen molar-refractivity contribution < 1.29 is 9.53 Å². The van der Waals surface area contributed by atoms with Crippen LogP contribution >= 0.6 is 23.1 Å². The van der Waals surface area contributed by atoms with Crippen LogP contribution in [0.4, 0.5) is 0 Å². The third kappa shape index (κ3) is 5.74. The summed E-state index contributed by atoms with van der Waals surface area (Å²) in [4.78, 5) is 12.1. The van der Waals surface area contributed by atoms with Crippen LogP contribution in [0.5, 0.6) is 5.75 Å². The van der Waals surface area contributed by atoms with E-state index in [1.807, 2.05) is 55.6 Å². The molecule has 4 aromatic rings. The highest BCUT2D eigenvalue weighted by Crippen LogP contribution is 2.22. The Labute approximate surface area is 194 Å². The van der Waals surface area contributed by atoms with E-state index >= 15 is 0 Å². The molecule has 32 heavy (non-hydrogen) atoms. The molecule has 2 aromatic heterocycles. The number of aryl methyl sites for hydroxylation is 2. The van der Waals surface area contributed by atoms with Crippen molar-refractivity contribution in [2.75, 3.05) is 12.4 Å². The standard InChI is InChI=1S/C23H23N5O2S2/c1-16-7-9-19(10-8-16)30-12-11-28-14-18(20-5-3-4-6-21(20)28)13-24-26-22(29)15-31-23-27-25-17(2)32-23/h3-10,13-14H,11-12,15H2,1-2H3,(H,26,29)/b24-13-. The number of aromatic nitrogens is 3. The minimum atomic E-state index is -0.186. The van der Waals surface area contributed by atoms with Crippen LogP contribution in [0.3, 0.4) is 0 Å². The van der Waals surface area contributed by atoms with Gasteiger partial charge in [0.15, 0.2) is 4.34 Å². The quantitative estimate of drug-likeness (QED) is 0.225. The maximum absolute atomic E-state index is 12.1. The second kappa shape index (κ2) is 10.4. The molecule has 2 heterocycles. The van der Waals surface area contributed by atoms with Crippen molar-refractivity contribution in [2.45, 2.75) is 24.7 Å². The van der Waals surface area contributed by atoms with E-state index in [1.165, 1.54) is 28.7 Å². The summed E-state index contributed by atoms with van der Waals surface area (Å²) in [6, 6.07) is 16.2. The Bertz CT molecular complexity index is 1230. The lowest BCUT2D eigenvalue weighted by Gasteiger charge is -2.08. The number of amides is 1. The minimum Gasteiger partial charge on any atom is -0.492 e. The average molecular weight is 466 g/mol. The number of hydrogen-bond donors (Lipinski definition) is 1. The fourth-order valence-corrected chi connectivity index (χ4v) is 4.74. The number of carbonyl (C=O) groups is 1. The van der Waals surface area contributed by atoms with Crippen LogP contribution in [0.25, 0.3) is 10.9 Å². The summed E-state index contributed by atoms with van der Waals surface area (Å²) in [5.41, 5.74) is 5.82. The molecule has 0 bridgehead atoms. The molecule has 0 saturated carbocycles. The van der Waals surface area contributed by atoms with Gasteiger partial charge in [-0.1, -0.05) is 59.0 Å². The fourth-order valence-electron chi connectivity index (χ4n) is 3.13. The molecular formula is C23H23N5O2S2. The third-order valence-electron chi connectivity index (χ3n) is 4.67. The Kier molecular flexibility index (Phi) is 7.18. The largest absolute Gasteiger partial charge is 0.492 e. The molecule has 0 radical (unpaired) electrons. The molecule has 0 fully saturated rings. The van der Waals surface area contributed by atoms with Gasteiger partial charge in [-0.05, 0) is 32.0 Å². The summed E-state index contributed by atoms with van der Waals surface area (Å²) in [7, 11) is 0. The molecule has 0 atom stereocenters. The van der Waals surface area contributed by atoms with Crippen molar-refractivity contribution >= 4 is 46.1 Å². The van der Waals surface area contributed by atoms with Gasteiger partial charge in [0.2, 0.25) is 0 Å². The summed E-state index contributed by atoms with van der Waals surface area (Å²) in [6.07, 6.45) is 3.70. The number of hydrogen-bond acceptors (Lipinski definition) is 7. The van der Waals surface area contributed by atoms with Crippen molar-refractivity contribution in [3.05, 3.63) is 70.9 Å². The molecule has 0 unspecified atom stereocenters. The van der Waals surface area contributed by atoms with Crippen molar-refractivity contribution in [2.24, 2.45) is 5.10 Å². The first-order valence-corrected chi connectivity index (χ1v) is 11.9. The zero-order valence-electron chi connectivity index (χ0n) is 17.8. The Morgan fingerprint density at radius 3 is 2.78 bits per heavy atom. The first-order chi connectivity index (χ1) is 15.6. The lowest BCUT2D eigenvalue weighted by molar-refractivity contribution is -0.118. The highest BCUT2D eigenvalue weighted by Gasteiger charge is 2.08. The fraction of sp³-hybridized carbons (Fsp3) is 0.217. The molecular weight excluding hydrogens is 442 g/mol. The summed E-state index contributed by atoms with van der Waals surface area (Å²) in [5, 5.41) is 14.0. The molecule has 4 rings (SSSR count). The van der Waals surface area contributed by atoms with Gasteiger partial charge >= 0.3 is 0 Å². The number of ether oxygens (including phenoxy) is 1. The van der Waals surface area contributed by atoms with Gasteiger partial charge < -0.3 is 9.30 Å². The first-order valence-electron chi connectivity index (χ1n) is 10.1. The molecule has 0 aliphatic heterocycles. The minimum absolute atomic E-state index is 0.186. The van der Waals surface area contributed by atoms with E-state index in [1.54, 1.807) is 6.21 Å². The average Bonchev–Trinajstić information content (AvgIpc) is 3.37. The van der Waals surface area contributed by atoms with Crippen LogP contribution in [0.15, 0.2) is 64.2 Å². The van der Waals surface area contributed by atoms with Crippen LogP contribution in [0.1, 0.15) is 16.1 Å². The zero-order valence-corrected chi connectivity index (χ0v) is 19.4. The third-order valence-corrected chi connectivity index (χ3v) is 6.64. The monoisotopic (exact) mass is 465 g/mol.